The average molecular weight is 404 g/mol. The number of aryl methyl sites for hydroxylation is 1. The molecule has 0 saturated carbocycles. The number of hydrogen-bond donors (Lipinski definition) is 0. The van der Waals surface area contributed by atoms with Gasteiger partial charge in [-0.05, 0) is 48.4 Å². The van der Waals surface area contributed by atoms with Crippen molar-refractivity contribution in [3.8, 4) is 22.4 Å². The standard InChI is InChI=1S/C20H13F5N4/c1-11-8-13(2-3-15(11)20(23,24)25)16-9-17(18(21)22)29-19(28-16)14(10-27-29)12-4-6-26-7-5-12/h2-10,18H,1H3. The average Bonchev–Trinajstić information content (AvgIpc) is 3.10. The summed E-state index contributed by atoms with van der Waals surface area (Å²) in [7, 11) is 0. The van der Waals surface area contributed by atoms with E-state index in [0.717, 1.165) is 16.6 Å². The van der Waals surface area contributed by atoms with E-state index in [1.165, 1.54) is 25.3 Å². The molecule has 0 amide bonds. The van der Waals surface area contributed by atoms with Crippen molar-refractivity contribution in [1.29, 1.82) is 0 Å². The quantitative estimate of drug-likeness (QED) is 0.410. The summed E-state index contributed by atoms with van der Waals surface area (Å²) in [5, 5.41) is 4.02. The first-order chi connectivity index (χ1) is 13.8. The Morgan fingerprint density at radius 2 is 1.69 bits per heavy atom. The Morgan fingerprint density at radius 3 is 2.31 bits per heavy atom. The summed E-state index contributed by atoms with van der Waals surface area (Å²) >= 11 is 0. The van der Waals surface area contributed by atoms with Crippen LogP contribution in [0.5, 0.6) is 0 Å². The summed E-state index contributed by atoms with van der Waals surface area (Å²) in [6.07, 6.45) is -2.81. The van der Waals surface area contributed by atoms with E-state index in [0.29, 0.717) is 16.7 Å². The molecule has 0 fully saturated rings. The summed E-state index contributed by atoms with van der Waals surface area (Å²) in [6, 6.07) is 7.97. The summed E-state index contributed by atoms with van der Waals surface area (Å²) in [6.45, 7) is 1.32. The number of aromatic nitrogens is 4. The predicted molar refractivity (Wildman–Crippen MR) is 96.4 cm³/mol. The lowest BCUT2D eigenvalue weighted by molar-refractivity contribution is -0.138. The lowest BCUT2D eigenvalue weighted by atomic mass is 10.0. The molecular weight excluding hydrogens is 391 g/mol. The van der Waals surface area contributed by atoms with Crippen molar-refractivity contribution in [1.82, 2.24) is 19.6 Å². The van der Waals surface area contributed by atoms with Gasteiger partial charge >= 0.3 is 6.18 Å². The van der Waals surface area contributed by atoms with Gasteiger partial charge < -0.3 is 0 Å². The maximum Gasteiger partial charge on any atom is 0.416 e. The van der Waals surface area contributed by atoms with Crippen molar-refractivity contribution in [2.24, 2.45) is 0 Å². The second kappa shape index (κ2) is 6.91. The normalized spacial score (nSPS) is 12.1. The third-order valence-corrected chi connectivity index (χ3v) is 4.54. The molecule has 0 spiro atoms. The molecule has 9 heteroatoms. The molecule has 0 unspecified atom stereocenters. The second-order valence-corrected chi connectivity index (χ2v) is 6.42. The van der Waals surface area contributed by atoms with Crippen LogP contribution in [0.2, 0.25) is 0 Å². The first-order valence-corrected chi connectivity index (χ1v) is 8.51. The van der Waals surface area contributed by atoms with Gasteiger partial charge in [0.1, 0.15) is 5.69 Å². The van der Waals surface area contributed by atoms with Crippen molar-refractivity contribution in [3.63, 3.8) is 0 Å². The van der Waals surface area contributed by atoms with Crippen LogP contribution in [0.15, 0.2) is 55.0 Å². The van der Waals surface area contributed by atoms with Crippen molar-refractivity contribution in [3.05, 3.63) is 71.8 Å². The van der Waals surface area contributed by atoms with Crippen LogP contribution < -0.4 is 0 Å². The number of halogens is 5. The maximum absolute atomic E-state index is 13.7. The molecule has 0 aliphatic rings. The van der Waals surface area contributed by atoms with Crippen LogP contribution in [0.3, 0.4) is 0 Å². The first kappa shape index (κ1) is 19.0. The fourth-order valence-corrected chi connectivity index (χ4v) is 3.17. The third-order valence-electron chi connectivity index (χ3n) is 4.54. The fourth-order valence-electron chi connectivity index (χ4n) is 3.17. The van der Waals surface area contributed by atoms with Crippen LogP contribution in [-0.2, 0) is 6.18 Å². The highest BCUT2D eigenvalue weighted by atomic mass is 19.4. The monoisotopic (exact) mass is 404 g/mol. The van der Waals surface area contributed by atoms with Crippen molar-refractivity contribution in [2.45, 2.75) is 19.5 Å². The van der Waals surface area contributed by atoms with Gasteiger partial charge in [-0.25, -0.2) is 18.3 Å². The van der Waals surface area contributed by atoms with E-state index in [1.54, 1.807) is 24.5 Å². The summed E-state index contributed by atoms with van der Waals surface area (Å²) in [5.41, 5.74) is 0.631. The minimum atomic E-state index is -4.49. The van der Waals surface area contributed by atoms with Crippen LogP contribution in [0.1, 0.15) is 23.2 Å². The molecule has 4 nitrogen and oxygen atoms in total. The van der Waals surface area contributed by atoms with Gasteiger partial charge in [0.2, 0.25) is 0 Å². The zero-order valence-electron chi connectivity index (χ0n) is 15.0. The highest BCUT2D eigenvalue weighted by Crippen LogP contribution is 2.35. The largest absolute Gasteiger partial charge is 0.416 e. The van der Waals surface area contributed by atoms with Crippen molar-refractivity contribution >= 4 is 5.65 Å². The molecule has 0 bridgehead atoms. The van der Waals surface area contributed by atoms with E-state index < -0.39 is 23.9 Å². The van der Waals surface area contributed by atoms with Crippen LogP contribution in [0.4, 0.5) is 22.0 Å². The van der Waals surface area contributed by atoms with Gasteiger partial charge in [0.15, 0.2) is 5.65 Å². The lowest BCUT2D eigenvalue weighted by Gasteiger charge is -2.13. The Kier molecular flexibility index (Phi) is 4.52. The van der Waals surface area contributed by atoms with E-state index in [4.69, 9.17) is 0 Å². The number of benzene rings is 1. The van der Waals surface area contributed by atoms with Gasteiger partial charge in [0.05, 0.1) is 17.5 Å². The Morgan fingerprint density at radius 1 is 0.966 bits per heavy atom. The summed E-state index contributed by atoms with van der Waals surface area (Å²) in [5.74, 6) is 0. The second-order valence-electron chi connectivity index (χ2n) is 6.42. The summed E-state index contributed by atoms with van der Waals surface area (Å²) < 4.78 is 67.4. The number of fused-ring (bicyclic) bond motifs is 1. The first-order valence-electron chi connectivity index (χ1n) is 8.51. The van der Waals surface area contributed by atoms with Crippen LogP contribution >= 0.6 is 0 Å². The number of nitrogens with zero attached hydrogens (tertiary/aromatic N) is 4. The minimum Gasteiger partial charge on any atom is -0.265 e. The molecule has 0 saturated heterocycles. The molecule has 0 N–H and O–H groups in total. The molecule has 4 aromatic rings. The molecular formula is C20H13F5N4. The molecule has 0 atom stereocenters. The van der Waals surface area contributed by atoms with Gasteiger partial charge in [0, 0.05) is 23.5 Å². The minimum absolute atomic E-state index is 0.0156. The zero-order valence-corrected chi connectivity index (χ0v) is 15.0. The Balaban J connectivity index is 1.93. The lowest BCUT2D eigenvalue weighted by Crippen LogP contribution is -2.07. The Labute approximate surface area is 161 Å². The number of hydrogen-bond acceptors (Lipinski definition) is 3. The molecule has 3 heterocycles. The fraction of sp³-hybridized carbons (Fsp3) is 0.150. The third kappa shape index (κ3) is 3.43. The van der Waals surface area contributed by atoms with Crippen LogP contribution in [0.25, 0.3) is 28.0 Å². The SMILES string of the molecule is Cc1cc(-c2cc(C(F)F)n3ncc(-c4ccncc4)c3n2)ccc1C(F)(F)F. The van der Waals surface area contributed by atoms with Crippen LogP contribution in [-0.4, -0.2) is 19.6 Å². The Hall–Kier alpha value is -3.36. The van der Waals surface area contributed by atoms with Gasteiger partial charge in [-0.3, -0.25) is 4.98 Å². The van der Waals surface area contributed by atoms with Crippen molar-refractivity contribution in [2.75, 3.05) is 0 Å². The van der Waals surface area contributed by atoms with Gasteiger partial charge in [-0.1, -0.05) is 6.07 Å². The Bertz CT molecular complexity index is 1180. The molecule has 0 aliphatic carbocycles. The molecule has 0 radical (unpaired) electrons. The van der Waals surface area contributed by atoms with E-state index in [-0.39, 0.29) is 16.9 Å². The molecule has 29 heavy (non-hydrogen) atoms. The van der Waals surface area contributed by atoms with E-state index in [2.05, 4.69) is 15.1 Å². The van der Waals surface area contributed by atoms with Crippen LogP contribution in [0, 0.1) is 6.92 Å². The number of rotatable bonds is 3. The highest BCUT2D eigenvalue weighted by Gasteiger charge is 2.32. The van der Waals surface area contributed by atoms with Gasteiger partial charge in [-0.15, -0.1) is 0 Å². The number of alkyl halides is 5. The smallest absolute Gasteiger partial charge is 0.265 e. The zero-order chi connectivity index (χ0) is 20.8. The van der Waals surface area contributed by atoms with Gasteiger partial charge in [-0.2, -0.15) is 18.3 Å². The predicted octanol–water partition coefficient (Wildman–Crippen LogP) is 5.72. The van der Waals surface area contributed by atoms with E-state index >= 15 is 0 Å². The molecule has 3 aromatic heterocycles. The molecule has 0 aliphatic heterocycles. The highest BCUT2D eigenvalue weighted by molar-refractivity contribution is 5.78. The van der Waals surface area contributed by atoms with Gasteiger partial charge in [0.25, 0.3) is 6.43 Å². The van der Waals surface area contributed by atoms with Crippen molar-refractivity contribution < 1.29 is 22.0 Å². The molecule has 1 aromatic carbocycles. The van der Waals surface area contributed by atoms with E-state index in [9.17, 15) is 22.0 Å². The molecule has 4 rings (SSSR count). The maximum atomic E-state index is 13.7. The van der Waals surface area contributed by atoms with E-state index in [1.807, 2.05) is 0 Å². The molecule has 148 valence electrons. The number of pyridine rings is 1. The summed E-state index contributed by atoms with van der Waals surface area (Å²) in [4.78, 5) is 8.35. The topological polar surface area (TPSA) is 43.1 Å².